The van der Waals surface area contributed by atoms with Crippen LogP contribution in [0.25, 0.3) is 22.1 Å². The lowest BCUT2D eigenvalue weighted by Gasteiger charge is -2.45. The van der Waals surface area contributed by atoms with Crippen LogP contribution in [0.5, 0.6) is 0 Å². The minimum Gasteiger partial charge on any atom is -0.444 e. The van der Waals surface area contributed by atoms with Crippen LogP contribution in [0.3, 0.4) is 0 Å². The van der Waals surface area contributed by atoms with E-state index in [-0.39, 0.29) is 66.2 Å². The summed E-state index contributed by atoms with van der Waals surface area (Å²) in [7, 11) is 7.03. The smallest absolute Gasteiger partial charge is 0.410 e. The van der Waals surface area contributed by atoms with Crippen molar-refractivity contribution < 1.29 is 38.2 Å². The first-order chi connectivity index (χ1) is 38.9. The lowest BCUT2D eigenvalue weighted by molar-refractivity contribution is -0.127. The molecule has 6 aromatic rings. The summed E-state index contributed by atoms with van der Waals surface area (Å²) in [5, 5.41) is 11.3. The Hall–Kier alpha value is -7.83. The van der Waals surface area contributed by atoms with Crippen molar-refractivity contribution in [2.24, 2.45) is 0 Å². The van der Waals surface area contributed by atoms with Gasteiger partial charge in [0.25, 0.3) is 23.6 Å². The number of hydrogen-bond donors (Lipinski definition) is 3. The van der Waals surface area contributed by atoms with Gasteiger partial charge in [0.15, 0.2) is 0 Å². The third-order valence-electron chi connectivity index (χ3n) is 15.6. The summed E-state index contributed by atoms with van der Waals surface area (Å²) < 4.78 is 21.6. The van der Waals surface area contributed by atoms with Crippen molar-refractivity contribution in [2.75, 3.05) is 91.2 Å². The number of ether oxygens (including phenoxy) is 3. The quantitative estimate of drug-likeness (QED) is 0.141. The van der Waals surface area contributed by atoms with Crippen LogP contribution in [-0.4, -0.2) is 204 Å². The normalized spacial score (nSPS) is 21.1. The number of nitrogens with one attached hydrogen (secondary N) is 3. The molecule has 4 bridgehead atoms. The third-order valence-corrected chi connectivity index (χ3v) is 15.6. The molecule has 10 heterocycles. The predicted molar refractivity (Wildman–Crippen MR) is 301 cm³/mol. The molecule has 4 aliphatic heterocycles. The third kappa shape index (κ3) is 12.1. The van der Waals surface area contributed by atoms with Crippen molar-refractivity contribution in [2.45, 2.75) is 114 Å². The highest BCUT2D eigenvalue weighted by molar-refractivity contribution is 5.99. The second kappa shape index (κ2) is 23.0. The summed E-state index contributed by atoms with van der Waals surface area (Å²) in [6.45, 7) is 9.70. The van der Waals surface area contributed by atoms with E-state index in [1.165, 1.54) is 6.20 Å². The van der Waals surface area contributed by atoms with Gasteiger partial charge in [-0.3, -0.25) is 19.2 Å². The number of anilines is 4. The summed E-state index contributed by atoms with van der Waals surface area (Å²) in [6, 6.07) is 11.2. The van der Waals surface area contributed by atoms with Crippen LogP contribution >= 0.6 is 0 Å². The van der Waals surface area contributed by atoms with Crippen molar-refractivity contribution in [1.29, 1.82) is 0 Å². The van der Waals surface area contributed by atoms with Crippen molar-refractivity contribution in [3.05, 3.63) is 83.7 Å². The summed E-state index contributed by atoms with van der Waals surface area (Å²) in [5.74, 6) is 1.52. The summed E-state index contributed by atoms with van der Waals surface area (Å²) in [4.78, 5) is 101. The zero-order valence-electron chi connectivity index (χ0n) is 47.1. The number of rotatable bonds is 10. The van der Waals surface area contributed by atoms with Crippen LogP contribution < -0.4 is 16.0 Å². The van der Waals surface area contributed by atoms with Gasteiger partial charge in [-0.05, 0) is 82.9 Å². The van der Waals surface area contributed by atoms with Crippen LogP contribution in [0.15, 0.2) is 61.2 Å². The topological polar surface area (TPSA) is 253 Å². The molecule has 24 heteroatoms. The highest BCUT2D eigenvalue weighted by atomic mass is 16.6. The van der Waals surface area contributed by atoms with E-state index in [0.29, 0.717) is 85.3 Å². The van der Waals surface area contributed by atoms with Crippen LogP contribution in [0.4, 0.5) is 28.3 Å². The van der Waals surface area contributed by atoms with Gasteiger partial charge in [0.1, 0.15) is 39.9 Å². The Kier molecular flexibility index (Phi) is 15.6. The molecule has 2 aliphatic carbocycles. The van der Waals surface area contributed by atoms with Crippen molar-refractivity contribution in [3.8, 4) is 0 Å². The maximum Gasteiger partial charge on any atom is 0.410 e. The molecule has 4 unspecified atom stereocenters. The van der Waals surface area contributed by atoms with E-state index < -0.39 is 5.60 Å². The lowest BCUT2D eigenvalue weighted by Crippen LogP contribution is -2.61. The molecule has 4 atom stereocenters. The number of carbonyl (C=O) groups is 5. The number of nitrogens with zero attached hydrogens (tertiary/aromatic N) is 13. The molecule has 0 spiro atoms. The van der Waals surface area contributed by atoms with E-state index in [0.717, 1.165) is 86.5 Å². The lowest BCUT2D eigenvalue weighted by atomic mass is 10.1. The van der Waals surface area contributed by atoms with Crippen molar-refractivity contribution >= 4 is 75.3 Å². The summed E-state index contributed by atoms with van der Waals surface area (Å²) in [6.07, 6.45) is 14.4. The first kappa shape index (κ1) is 55.1. The molecule has 6 aromatic heterocycles. The van der Waals surface area contributed by atoms with Gasteiger partial charge in [-0.1, -0.05) is 25.7 Å². The van der Waals surface area contributed by atoms with E-state index in [1.807, 2.05) is 37.8 Å². The molecule has 6 fully saturated rings. The Labute approximate surface area is 469 Å². The minimum absolute atomic E-state index is 0.0362. The van der Waals surface area contributed by atoms with E-state index in [9.17, 15) is 24.0 Å². The maximum atomic E-state index is 13.4. The van der Waals surface area contributed by atoms with Crippen LogP contribution in [0, 0.1) is 0 Å². The largest absolute Gasteiger partial charge is 0.444 e. The fourth-order valence-electron chi connectivity index (χ4n) is 11.8. The Morgan fingerprint density at radius 1 is 0.568 bits per heavy atom. The Morgan fingerprint density at radius 2 is 0.975 bits per heavy atom. The van der Waals surface area contributed by atoms with Gasteiger partial charge in [-0.2, -0.15) is 9.97 Å². The van der Waals surface area contributed by atoms with Crippen molar-refractivity contribution in [3.63, 3.8) is 0 Å². The molecule has 0 aromatic carbocycles. The molecular formula is C57H72N16O8. The van der Waals surface area contributed by atoms with E-state index in [4.69, 9.17) is 24.2 Å². The highest BCUT2D eigenvalue weighted by Gasteiger charge is 2.40. The van der Waals surface area contributed by atoms with Gasteiger partial charge in [-0.25, -0.2) is 24.7 Å². The average Bonchev–Trinajstić information content (AvgIpc) is 4.40. The molecule has 5 amide bonds. The molecule has 3 N–H and O–H groups in total. The fourth-order valence-corrected chi connectivity index (χ4v) is 11.8. The van der Waals surface area contributed by atoms with E-state index in [1.54, 1.807) is 90.6 Å². The number of pyridine rings is 2. The zero-order chi connectivity index (χ0) is 56.7. The average molecular weight is 1110 g/mol. The predicted octanol–water partition coefficient (Wildman–Crippen LogP) is 6.05. The first-order valence-electron chi connectivity index (χ1n) is 28.1. The Bertz CT molecular complexity index is 3280. The van der Waals surface area contributed by atoms with Crippen LogP contribution in [0.1, 0.15) is 126 Å². The van der Waals surface area contributed by atoms with Gasteiger partial charge in [0.05, 0.1) is 48.6 Å². The molecule has 81 heavy (non-hydrogen) atoms. The summed E-state index contributed by atoms with van der Waals surface area (Å²) in [5.41, 5.74) is 3.14. The van der Waals surface area contributed by atoms with Gasteiger partial charge >= 0.3 is 6.09 Å². The molecule has 428 valence electrons. The molecular weight excluding hydrogens is 1040 g/mol. The maximum absolute atomic E-state index is 13.4. The molecule has 6 aliphatic rings. The van der Waals surface area contributed by atoms with E-state index >= 15 is 0 Å². The second-order valence-corrected chi connectivity index (χ2v) is 23.4. The number of amides is 5. The van der Waals surface area contributed by atoms with Gasteiger partial charge in [0, 0.05) is 115 Å². The van der Waals surface area contributed by atoms with Gasteiger partial charge in [-0.15, -0.1) is 0 Å². The number of fused-ring (bicyclic) bond motifs is 6. The fraction of sp³-hybridized carbons (Fsp3) is 0.526. The van der Waals surface area contributed by atoms with Crippen molar-refractivity contribution in [1.82, 2.24) is 68.9 Å². The Balaban J connectivity index is 0.000000173. The number of carbonyl (C=O) groups excluding carboxylic acids is 5. The molecule has 24 nitrogen and oxygen atoms in total. The summed E-state index contributed by atoms with van der Waals surface area (Å²) >= 11 is 0. The standard InChI is InChI=1S/C31H40N8O5.C26H32N8O3/c1-31(2,3)44-30(42)38-17-22-15-37(16-23(18-38)43-22)27(40)19-10-11-25(32-13-19)34-29-33-14-20-12-24(28(41)36(4)5)39(26(20)35-29)21-8-6-7-9-21;1-32(2)25(36)21-9-17-11-29-26(31-23(17)34(21)18-5-3-4-6-18)30-22-8-7-16(10-28-22)24(35)33-14-19-12-27-13-20(15-33)37-19/h10-14,21-23H,6-9,15-18H2,1-5H3,(H,32,33,34,35);7-11,18-20,27H,3-6,12-15H2,1-2H3,(H,28,29,30,31). The van der Waals surface area contributed by atoms with Crippen LogP contribution in [-0.2, 0) is 14.2 Å². The number of morpholine rings is 4. The second-order valence-electron chi connectivity index (χ2n) is 23.4. The van der Waals surface area contributed by atoms with Crippen LogP contribution in [0.2, 0.25) is 0 Å². The molecule has 12 rings (SSSR count). The molecule has 2 saturated carbocycles. The molecule has 0 radical (unpaired) electrons. The monoisotopic (exact) mass is 1110 g/mol. The SMILES string of the molecule is CN(C)C(=O)c1cc2cnc(Nc3ccc(C(=O)N4CC5CN(C(=O)OC(C)(C)C)CC(C4)O5)cn3)nc2n1C1CCCC1.CN(C)C(=O)c1cc2cnc(Nc3ccc(C(=O)N4CC5CNCC(C4)O5)cn3)nc2n1C1CCCC1. The van der Waals surface area contributed by atoms with Gasteiger partial charge < -0.3 is 63.8 Å². The van der Waals surface area contributed by atoms with Gasteiger partial charge in [0.2, 0.25) is 11.9 Å². The highest BCUT2D eigenvalue weighted by Crippen LogP contribution is 2.37. The minimum atomic E-state index is -0.573. The van der Waals surface area contributed by atoms with E-state index in [2.05, 4.69) is 45.0 Å². The number of hydrogen-bond acceptors (Lipinski definition) is 17. The molecule has 4 saturated heterocycles. The first-order valence-corrected chi connectivity index (χ1v) is 28.1. The number of aromatic nitrogens is 8. The Morgan fingerprint density at radius 3 is 1.37 bits per heavy atom. The zero-order valence-corrected chi connectivity index (χ0v) is 47.1.